The highest BCUT2D eigenvalue weighted by atomic mass is 16.6. The van der Waals surface area contributed by atoms with Crippen LogP contribution in [0.25, 0.3) is 0 Å². The molecule has 0 spiro atoms. The summed E-state index contributed by atoms with van der Waals surface area (Å²) in [6, 6.07) is 0. The van der Waals surface area contributed by atoms with Crippen LogP contribution in [0.3, 0.4) is 0 Å². The molecule has 0 fully saturated rings. The lowest BCUT2D eigenvalue weighted by molar-refractivity contribution is -0.167. The fourth-order valence-corrected chi connectivity index (χ4v) is 11.2. The van der Waals surface area contributed by atoms with Crippen molar-refractivity contribution in [2.45, 2.75) is 412 Å². The van der Waals surface area contributed by atoms with Crippen molar-refractivity contribution in [1.82, 2.24) is 0 Å². The number of carbonyl (C=O) groups excluding carboxylic acids is 3. The molecule has 0 N–H and O–H groups in total. The van der Waals surface area contributed by atoms with E-state index in [2.05, 4.69) is 69.4 Å². The maximum Gasteiger partial charge on any atom is 0.306 e. The van der Waals surface area contributed by atoms with E-state index >= 15 is 0 Å². The van der Waals surface area contributed by atoms with Gasteiger partial charge in [-0.05, 0) is 83.5 Å². The van der Waals surface area contributed by atoms with Crippen molar-refractivity contribution in [3.8, 4) is 0 Å². The van der Waals surface area contributed by atoms with Crippen LogP contribution >= 0.6 is 0 Å². The maximum atomic E-state index is 12.9. The molecule has 0 amide bonds. The van der Waals surface area contributed by atoms with Crippen molar-refractivity contribution >= 4 is 17.9 Å². The average molecular weight is 1160 g/mol. The van der Waals surface area contributed by atoms with Gasteiger partial charge in [-0.25, -0.2) is 0 Å². The van der Waals surface area contributed by atoms with Gasteiger partial charge in [-0.1, -0.05) is 352 Å². The lowest BCUT2D eigenvalue weighted by atomic mass is 10.0. The van der Waals surface area contributed by atoms with E-state index in [1.807, 2.05) is 0 Å². The number of carbonyl (C=O) groups is 3. The van der Waals surface area contributed by atoms with E-state index in [0.29, 0.717) is 19.3 Å². The molecule has 1 atom stereocenters. The van der Waals surface area contributed by atoms with E-state index in [1.165, 1.54) is 289 Å². The average Bonchev–Trinajstić information content (AvgIpc) is 3.49. The van der Waals surface area contributed by atoms with E-state index in [-0.39, 0.29) is 31.1 Å². The lowest BCUT2D eigenvalue weighted by Gasteiger charge is -2.18. The first-order chi connectivity index (χ1) is 41.0. The van der Waals surface area contributed by atoms with Gasteiger partial charge in [0.25, 0.3) is 0 Å². The maximum absolute atomic E-state index is 12.9. The summed E-state index contributed by atoms with van der Waals surface area (Å²) in [6.07, 6.45) is 92.2. The Bertz CT molecular complexity index is 1430. The van der Waals surface area contributed by atoms with Gasteiger partial charge in [-0.2, -0.15) is 0 Å². The summed E-state index contributed by atoms with van der Waals surface area (Å²) in [5.74, 6) is -0.858. The van der Waals surface area contributed by atoms with Crippen LogP contribution in [0.2, 0.25) is 0 Å². The first-order valence-corrected chi connectivity index (χ1v) is 37.1. The fourth-order valence-electron chi connectivity index (χ4n) is 11.2. The van der Waals surface area contributed by atoms with Gasteiger partial charge in [0, 0.05) is 19.3 Å². The molecule has 0 saturated carbocycles. The summed E-state index contributed by atoms with van der Waals surface area (Å²) in [5, 5.41) is 0. The van der Waals surface area contributed by atoms with Gasteiger partial charge in [0.15, 0.2) is 6.10 Å². The first kappa shape index (κ1) is 80.4. The lowest BCUT2D eigenvalue weighted by Crippen LogP contribution is -2.30. The molecule has 0 aliphatic carbocycles. The molecular weight excluding hydrogens is 1020 g/mol. The Kier molecular flexibility index (Phi) is 69.6. The number of allylic oxidation sites excluding steroid dienone is 8. The highest BCUT2D eigenvalue weighted by Gasteiger charge is 2.19. The molecular formula is C77H142O6. The molecule has 0 bridgehead atoms. The quantitative estimate of drug-likeness (QED) is 0.0261. The minimum atomic E-state index is -0.768. The van der Waals surface area contributed by atoms with Crippen LogP contribution in [-0.4, -0.2) is 37.2 Å². The Morgan fingerprint density at radius 1 is 0.241 bits per heavy atom. The van der Waals surface area contributed by atoms with Crippen LogP contribution in [0.5, 0.6) is 0 Å². The molecule has 0 heterocycles. The molecule has 486 valence electrons. The van der Waals surface area contributed by atoms with Crippen molar-refractivity contribution in [1.29, 1.82) is 0 Å². The van der Waals surface area contributed by atoms with Crippen LogP contribution in [0.15, 0.2) is 48.6 Å². The summed E-state index contributed by atoms with van der Waals surface area (Å²) >= 11 is 0. The fraction of sp³-hybridized carbons (Fsp3) is 0.857. The summed E-state index contributed by atoms with van der Waals surface area (Å²) < 4.78 is 16.8. The second-order valence-electron chi connectivity index (χ2n) is 25.2. The van der Waals surface area contributed by atoms with E-state index in [9.17, 15) is 14.4 Å². The van der Waals surface area contributed by atoms with Gasteiger partial charge in [-0.3, -0.25) is 14.4 Å². The minimum absolute atomic E-state index is 0.0683. The molecule has 0 aliphatic heterocycles. The van der Waals surface area contributed by atoms with Crippen molar-refractivity contribution in [3.05, 3.63) is 48.6 Å². The Labute approximate surface area is 518 Å². The molecule has 1 unspecified atom stereocenters. The summed E-state index contributed by atoms with van der Waals surface area (Å²) in [7, 11) is 0. The van der Waals surface area contributed by atoms with Crippen LogP contribution in [0.4, 0.5) is 0 Å². The normalized spacial score (nSPS) is 12.3. The van der Waals surface area contributed by atoms with Crippen LogP contribution < -0.4 is 0 Å². The monoisotopic (exact) mass is 1160 g/mol. The second-order valence-corrected chi connectivity index (χ2v) is 25.2. The molecule has 0 rings (SSSR count). The number of unbranched alkanes of at least 4 members (excludes halogenated alkanes) is 50. The molecule has 0 aliphatic rings. The van der Waals surface area contributed by atoms with Gasteiger partial charge in [0.05, 0.1) is 0 Å². The Morgan fingerprint density at radius 3 is 0.663 bits per heavy atom. The third kappa shape index (κ3) is 70.0. The largest absolute Gasteiger partial charge is 0.462 e. The SMILES string of the molecule is CCCCCCC/C=C\C/C=C\CCCCCCCCCCCCCCCCCCCCCCCCCC(=O)OCC(COC(=O)CCCCCCC)OC(=O)CCCCCCCCCCCCCCC/C=C\C/C=C\CCCCCCC. The molecule has 0 aromatic rings. The Morgan fingerprint density at radius 2 is 0.434 bits per heavy atom. The van der Waals surface area contributed by atoms with Gasteiger partial charge < -0.3 is 14.2 Å². The van der Waals surface area contributed by atoms with Crippen molar-refractivity contribution in [2.24, 2.45) is 0 Å². The van der Waals surface area contributed by atoms with E-state index in [1.54, 1.807) is 0 Å². The van der Waals surface area contributed by atoms with Crippen LogP contribution in [0, 0.1) is 0 Å². The molecule has 0 aromatic carbocycles. The summed E-state index contributed by atoms with van der Waals surface area (Å²) in [6.45, 7) is 6.60. The van der Waals surface area contributed by atoms with Gasteiger partial charge in [0.1, 0.15) is 13.2 Å². The predicted molar refractivity (Wildman–Crippen MR) is 362 cm³/mol. The number of esters is 3. The zero-order valence-corrected chi connectivity index (χ0v) is 56.0. The number of ether oxygens (including phenoxy) is 3. The predicted octanol–water partition coefficient (Wildman–Crippen LogP) is 25.7. The van der Waals surface area contributed by atoms with E-state index in [4.69, 9.17) is 14.2 Å². The van der Waals surface area contributed by atoms with E-state index in [0.717, 1.165) is 77.0 Å². The summed E-state index contributed by atoms with van der Waals surface area (Å²) in [5.41, 5.74) is 0. The second kappa shape index (κ2) is 71.8. The van der Waals surface area contributed by atoms with E-state index < -0.39 is 6.10 Å². The highest BCUT2D eigenvalue weighted by molar-refractivity contribution is 5.71. The zero-order valence-electron chi connectivity index (χ0n) is 56.0. The van der Waals surface area contributed by atoms with Crippen molar-refractivity contribution < 1.29 is 28.6 Å². The molecule has 0 aromatic heterocycles. The molecule has 0 saturated heterocycles. The molecule has 6 nitrogen and oxygen atoms in total. The number of hydrogen-bond donors (Lipinski definition) is 0. The first-order valence-electron chi connectivity index (χ1n) is 37.1. The standard InChI is InChI=1S/C77H142O6/c1-4-7-10-13-15-17-19-21-23-25-27-29-31-33-34-35-36-37-38-39-40-41-42-44-45-47-49-51-53-55-57-59-61-64-67-70-76(79)82-73-74(72-81-75(78)69-66-63-12-9-6-3)83-77(80)71-68-65-62-60-58-56-54-52-50-48-46-43-32-30-28-26-24-22-20-18-16-14-11-8-5-2/h19-22,25-28,74H,4-18,23-24,29-73H2,1-3H3/b21-19-,22-20-,27-25-,28-26-. The van der Waals surface area contributed by atoms with Gasteiger partial charge in [0.2, 0.25) is 0 Å². The van der Waals surface area contributed by atoms with Crippen LogP contribution in [0.1, 0.15) is 406 Å². The number of hydrogen-bond acceptors (Lipinski definition) is 6. The minimum Gasteiger partial charge on any atom is -0.462 e. The highest BCUT2D eigenvalue weighted by Crippen LogP contribution is 2.19. The molecule has 0 radical (unpaired) electrons. The van der Waals surface area contributed by atoms with Crippen molar-refractivity contribution in [3.63, 3.8) is 0 Å². The molecule has 6 heteroatoms. The third-order valence-corrected chi connectivity index (χ3v) is 16.8. The Hall–Kier alpha value is -2.63. The topological polar surface area (TPSA) is 78.9 Å². The Balaban J connectivity index is 3.88. The van der Waals surface area contributed by atoms with Crippen LogP contribution in [-0.2, 0) is 28.6 Å². The molecule has 83 heavy (non-hydrogen) atoms. The van der Waals surface area contributed by atoms with Crippen molar-refractivity contribution in [2.75, 3.05) is 13.2 Å². The van der Waals surface area contributed by atoms with Gasteiger partial charge in [-0.15, -0.1) is 0 Å². The zero-order chi connectivity index (χ0) is 59.9. The third-order valence-electron chi connectivity index (χ3n) is 16.8. The number of rotatable bonds is 69. The van der Waals surface area contributed by atoms with Gasteiger partial charge >= 0.3 is 17.9 Å². The summed E-state index contributed by atoms with van der Waals surface area (Å²) in [4.78, 5) is 38.0. The smallest absolute Gasteiger partial charge is 0.306 e.